The van der Waals surface area contributed by atoms with Gasteiger partial charge in [0.2, 0.25) is 0 Å². The molecule has 0 radical (unpaired) electrons. The van der Waals surface area contributed by atoms with Crippen molar-refractivity contribution >= 4 is 17.3 Å². The normalized spacial score (nSPS) is 28.0. The van der Waals surface area contributed by atoms with Gasteiger partial charge in [-0.25, -0.2) is 0 Å². The van der Waals surface area contributed by atoms with E-state index in [4.69, 9.17) is 17.0 Å². The minimum Gasteiger partial charge on any atom is -0.379 e. The number of morpholine rings is 1. The van der Waals surface area contributed by atoms with Gasteiger partial charge in [0.25, 0.3) is 0 Å². The molecule has 22 heavy (non-hydrogen) atoms. The third-order valence-electron chi connectivity index (χ3n) is 5.56. The zero-order chi connectivity index (χ0) is 15.2. The summed E-state index contributed by atoms with van der Waals surface area (Å²) in [7, 11) is 0. The van der Waals surface area contributed by atoms with Gasteiger partial charge in [0.05, 0.1) is 13.2 Å². The van der Waals surface area contributed by atoms with Crippen molar-refractivity contribution in [2.45, 2.75) is 51.0 Å². The lowest BCUT2D eigenvalue weighted by atomic mass is 9.83. The Morgan fingerprint density at radius 3 is 2.55 bits per heavy atom. The van der Waals surface area contributed by atoms with Crippen molar-refractivity contribution in [2.75, 3.05) is 45.9 Å². The topological polar surface area (TPSA) is 27.7 Å². The molecular weight excluding hydrogens is 294 g/mol. The maximum absolute atomic E-state index is 5.70. The molecule has 0 aromatic carbocycles. The van der Waals surface area contributed by atoms with E-state index in [-0.39, 0.29) is 0 Å². The van der Waals surface area contributed by atoms with Crippen LogP contribution in [0.25, 0.3) is 0 Å². The minimum absolute atomic E-state index is 0.712. The van der Waals surface area contributed by atoms with Gasteiger partial charge < -0.3 is 15.0 Å². The summed E-state index contributed by atoms with van der Waals surface area (Å²) in [6.45, 7) is 7.06. The van der Waals surface area contributed by atoms with Crippen LogP contribution in [0.1, 0.15) is 44.9 Å². The Morgan fingerprint density at radius 1 is 1.00 bits per heavy atom. The first-order valence-corrected chi connectivity index (χ1v) is 9.60. The van der Waals surface area contributed by atoms with Gasteiger partial charge in [0, 0.05) is 38.8 Å². The average Bonchev–Trinajstić information content (AvgIpc) is 3.06. The summed E-state index contributed by atoms with van der Waals surface area (Å²) in [4.78, 5) is 4.96. The first-order chi connectivity index (χ1) is 10.8. The zero-order valence-corrected chi connectivity index (χ0v) is 14.6. The smallest absolute Gasteiger partial charge is 0.169 e. The predicted octanol–water partition coefficient (Wildman–Crippen LogP) is 2.24. The van der Waals surface area contributed by atoms with Gasteiger partial charge in [-0.1, -0.05) is 19.3 Å². The quantitative estimate of drug-likeness (QED) is 0.800. The maximum Gasteiger partial charge on any atom is 0.169 e. The molecule has 5 heteroatoms. The van der Waals surface area contributed by atoms with Crippen LogP contribution in [0.5, 0.6) is 0 Å². The van der Waals surface area contributed by atoms with Crippen LogP contribution in [0.15, 0.2) is 0 Å². The van der Waals surface area contributed by atoms with E-state index < -0.39 is 0 Å². The molecule has 126 valence electrons. The Balaban J connectivity index is 1.42. The highest BCUT2D eigenvalue weighted by Gasteiger charge is 2.33. The molecule has 0 aromatic rings. The molecule has 1 unspecified atom stereocenters. The van der Waals surface area contributed by atoms with Crippen molar-refractivity contribution < 1.29 is 4.74 Å². The summed E-state index contributed by atoms with van der Waals surface area (Å²) in [6.07, 6.45) is 9.77. The summed E-state index contributed by atoms with van der Waals surface area (Å²) < 4.78 is 5.39. The number of ether oxygens (including phenoxy) is 1. The van der Waals surface area contributed by atoms with Crippen LogP contribution in [-0.4, -0.2) is 66.9 Å². The molecule has 4 nitrogen and oxygen atoms in total. The highest BCUT2D eigenvalue weighted by atomic mass is 32.1. The first kappa shape index (κ1) is 16.5. The molecule has 1 saturated carbocycles. The van der Waals surface area contributed by atoms with E-state index in [1.165, 1.54) is 44.9 Å². The average molecular weight is 326 g/mol. The molecule has 2 aliphatic heterocycles. The van der Waals surface area contributed by atoms with Crippen molar-refractivity contribution in [3.63, 3.8) is 0 Å². The van der Waals surface area contributed by atoms with Crippen LogP contribution in [0.4, 0.5) is 0 Å². The minimum atomic E-state index is 0.712. The number of nitrogens with zero attached hydrogens (tertiary/aromatic N) is 2. The standard InChI is InChI=1S/C17H31N3OS/c22-17(18-8-10-19-11-13-21-14-12-19)20-9-4-7-16(20)15-5-2-1-3-6-15/h15-16H,1-14H2,(H,18,22). The van der Waals surface area contributed by atoms with Crippen LogP contribution in [0.2, 0.25) is 0 Å². The molecule has 0 bridgehead atoms. The van der Waals surface area contributed by atoms with Gasteiger partial charge in [0.15, 0.2) is 5.11 Å². The molecule has 0 aromatic heterocycles. The molecule has 3 fully saturated rings. The van der Waals surface area contributed by atoms with E-state index in [2.05, 4.69) is 15.1 Å². The van der Waals surface area contributed by atoms with Crippen LogP contribution in [0.3, 0.4) is 0 Å². The molecule has 1 atom stereocenters. The maximum atomic E-state index is 5.70. The number of rotatable bonds is 4. The predicted molar refractivity (Wildman–Crippen MR) is 94.2 cm³/mol. The highest BCUT2D eigenvalue weighted by molar-refractivity contribution is 7.80. The molecule has 1 N–H and O–H groups in total. The fourth-order valence-electron chi connectivity index (χ4n) is 4.30. The molecule has 2 saturated heterocycles. The fraction of sp³-hybridized carbons (Fsp3) is 0.941. The second kappa shape index (κ2) is 8.46. The molecule has 2 heterocycles. The fourth-order valence-corrected chi connectivity index (χ4v) is 4.63. The van der Waals surface area contributed by atoms with Crippen molar-refractivity contribution in [2.24, 2.45) is 5.92 Å². The summed E-state index contributed by atoms with van der Waals surface area (Å²) >= 11 is 5.70. The Hall–Kier alpha value is -0.390. The third kappa shape index (κ3) is 4.33. The summed E-state index contributed by atoms with van der Waals surface area (Å²) in [5.74, 6) is 0.884. The van der Waals surface area contributed by atoms with Gasteiger partial charge in [-0.2, -0.15) is 0 Å². The number of thiocarbonyl (C=S) groups is 1. The van der Waals surface area contributed by atoms with Crippen LogP contribution in [-0.2, 0) is 4.74 Å². The summed E-state index contributed by atoms with van der Waals surface area (Å²) in [5, 5.41) is 4.52. The highest BCUT2D eigenvalue weighted by Crippen LogP contribution is 2.34. The van der Waals surface area contributed by atoms with E-state index in [1.54, 1.807) is 0 Å². The second-order valence-electron chi connectivity index (χ2n) is 6.99. The molecule has 3 aliphatic rings. The third-order valence-corrected chi connectivity index (χ3v) is 5.94. The van der Waals surface area contributed by atoms with E-state index in [9.17, 15) is 0 Å². The van der Waals surface area contributed by atoms with E-state index in [1.807, 2.05) is 0 Å². The Morgan fingerprint density at radius 2 is 1.77 bits per heavy atom. The van der Waals surface area contributed by atoms with Crippen molar-refractivity contribution in [1.29, 1.82) is 0 Å². The van der Waals surface area contributed by atoms with Gasteiger partial charge in [0.1, 0.15) is 0 Å². The number of likely N-dealkylation sites (tertiary alicyclic amines) is 1. The lowest BCUT2D eigenvalue weighted by molar-refractivity contribution is 0.0388. The van der Waals surface area contributed by atoms with E-state index in [0.29, 0.717) is 6.04 Å². The zero-order valence-electron chi connectivity index (χ0n) is 13.8. The van der Waals surface area contributed by atoms with Gasteiger partial charge >= 0.3 is 0 Å². The van der Waals surface area contributed by atoms with Gasteiger partial charge in [-0.3, -0.25) is 4.90 Å². The molecule has 0 spiro atoms. The monoisotopic (exact) mass is 325 g/mol. The summed E-state index contributed by atoms with van der Waals surface area (Å²) in [5.41, 5.74) is 0. The van der Waals surface area contributed by atoms with Crippen LogP contribution >= 0.6 is 12.2 Å². The van der Waals surface area contributed by atoms with Crippen LogP contribution < -0.4 is 5.32 Å². The molecule has 0 amide bonds. The molecular formula is C17H31N3OS. The first-order valence-electron chi connectivity index (χ1n) is 9.19. The largest absolute Gasteiger partial charge is 0.379 e. The second-order valence-corrected chi connectivity index (χ2v) is 7.37. The van der Waals surface area contributed by atoms with Crippen LogP contribution in [0, 0.1) is 5.92 Å². The Bertz CT molecular complexity index is 354. The summed E-state index contributed by atoms with van der Waals surface area (Å²) in [6, 6.07) is 0.712. The number of hydrogen-bond donors (Lipinski definition) is 1. The van der Waals surface area contributed by atoms with Gasteiger partial charge in [-0.05, 0) is 43.8 Å². The van der Waals surface area contributed by atoms with E-state index >= 15 is 0 Å². The Kier molecular flexibility index (Phi) is 6.33. The molecule has 3 rings (SSSR count). The SMILES string of the molecule is S=C(NCCN1CCOCC1)N1CCCC1C1CCCCC1. The lowest BCUT2D eigenvalue weighted by Crippen LogP contribution is -2.48. The van der Waals surface area contributed by atoms with Crippen molar-refractivity contribution in [1.82, 2.24) is 15.1 Å². The van der Waals surface area contributed by atoms with Crippen molar-refractivity contribution in [3.8, 4) is 0 Å². The van der Waals surface area contributed by atoms with Gasteiger partial charge in [-0.15, -0.1) is 0 Å². The molecule has 1 aliphatic carbocycles. The number of hydrogen-bond acceptors (Lipinski definition) is 3. The number of nitrogens with one attached hydrogen (secondary N) is 1. The lowest BCUT2D eigenvalue weighted by Gasteiger charge is -2.36. The van der Waals surface area contributed by atoms with Crippen molar-refractivity contribution in [3.05, 3.63) is 0 Å². The Labute approximate surface area is 140 Å². The van der Waals surface area contributed by atoms with E-state index in [0.717, 1.165) is 57.0 Å².